The highest BCUT2D eigenvalue weighted by Gasteiger charge is 2.71. The quantitative estimate of drug-likeness (QED) is 0.0913. The van der Waals surface area contributed by atoms with E-state index < -0.39 is 114 Å². The van der Waals surface area contributed by atoms with Crippen molar-refractivity contribution >= 4 is 11.9 Å². The number of ether oxygens (including phenoxy) is 5. The average Bonchev–Trinajstić information content (AvgIpc) is 3.21. The molecule has 2 aliphatic heterocycles. The Hall–Kier alpha value is -1.80. The first kappa shape index (κ1) is 45.2. The van der Waals surface area contributed by atoms with E-state index in [2.05, 4.69) is 26.8 Å². The number of esters is 2. The maximum Gasteiger partial charge on any atom is 0.315 e. The second-order valence-electron chi connectivity index (χ2n) is 20.4. The van der Waals surface area contributed by atoms with Gasteiger partial charge in [-0.2, -0.15) is 0 Å². The van der Waals surface area contributed by atoms with Crippen LogP contribution in [0.3, 0.4) is 0 Å². The van der Waals surface area contributed by atoms with Gasteiger partial charge < -0.3 is 69.6 Å². The van der Waals surface area contributed by atoms with Crippen LogP contribution in [0.2, 0.25) is 0 Å². The number of allylic oxidation sites excluding steroid dienone is 2. The summed E-state index contributed by atoms with van der Waals surface area (Å²) in [6.07, 6.45) is -7.86. The van der Waals surface area contributed by atoms with Crippen LogP contribution in [-0.4, -0.2) is 152 Å². The van der Waals surface area contributed by atoms with Gasteiger partial charge in [0.05, 0.1) is 43.9 Å². The molecular formula is C43H68O16. The zero-order chi connectivity index (χ0) is 43.2. The van der Waals surface area contributed by atoms with Gasteiger partial charge >= 0.3 is 11.9 Å². The molecular weight excluding hydrogens is 772 g/mol. The van der Waals surface area contributed by atoms with Gasteiger partial charge in [-0.3, -0.25) is 9.59 Å². The monoisotopic (exact) mass is 840 g/mol. The highest BCUT2D eigenvalue weighted by atomic mass is 16.7. The molecule has 0 radical (unpaired) electrons. The number of methoxy groups -OCH3 is 1. The van der Waals surface area contributed by atoms with Gasteiger partial charge in [-0.1, -0.05) is 39.3 Å². The van der Waals surface area contributed by atoms with Gasteiger partial charge in [0.2, 0.25) is 6.29 Å². The van der Waals surface area contributed by atoms with E-state index in [1.54, 1.807) is 0 Å². The third kappa shape index (κ3) is 6.60. The summed E-state index contributed by atoms with van der Waals surface area (Å²) in [6.45, 7) is 9.36. The van der Waals surface area contributed by atoms with Crippen LogP contribution in [0.4, 0.5) is 0 Å². The Labute approximate surface area is 345 Å². The van der Waals surface area contributed by atoms with E-state index in [1.807, 2.05) is 13.8 Å². The lowest BCUT2D eigenvalue weighted by atomic mass is 9.33. The van der Waals surface area contributed by atoms with Crippen LogP contribution in [-0.2, 0) is 33.3 Å². The normalized spacial score (nSPS) is 53.4. The molecule has 336 valence electrons. The zero-order valence-electron chi connectivity index (χ0n) is 35.2. The predicted octanol–water partition coefficient (Wildman–Crippen LogP) is 0.442. The Morgan fingerprint density at radius 3 is 1.90 bits per heavy atom. The average molecular weight is 841 g/mol. The molecule has 5 aliphatic carbocycles. The van der Waals surface area contributed by atoms with Crippen molar-refractivity contribution in [3.8, 4) is 0 Å². The second-order valence-corrected chi connectivity index (χ2v) is 20.4. The molecule has 4 saturated carbocycles. The van der Waals surface area contributed by atoms with Crippen molar-refractivity contribution in [1.82, 2.24) is 0 Å². The van der Waals surface area contributed by atoms with Crippen molar-refractivity contribution in [2.45, 2.75) is 166 Å². The first-order valence-corrected chi connectivity index (χ1v) is 21.5. The lowest BCUT2D eigenvalue weighted by molar-refractivity contribution is -0.333. The van der Waals surface area contributed by atoms with Gasteiger partial charge in [-0.15, -0.1) is 0 Å². The number of hydrogen-bond donors (Lipinski definition) is 9. The molecule has 0 aromatic carbocycles. The summed E-state index contributed by atoms with van der Waals surface area (Å²) in [6, 6.07) is 0. The summed E-state index contributed by atoms with van der Waals surface area (Å²) in [5, 5.41) is 94.1. The Morgan fingerprint density at radius 1 is 0.712 bits per heavy atom. The van der Waals surface area contributed by atoms with E-state index in [0.29, 0.717) is 44.9 Å². The molecule has 2 heterocycles. The molecule has 0 aromatic rings. The van der Waals surface area contributed by atoms with E-state index in [-0.39, 0.29) is 35.2 Å². The highest BCUT2D eigenvalue weighted by Crippen LogP contribution is 2.76. The molecule has 0 aromatic heterocycles. The number of aliphatic hydroxyl groups is 9. The number of aliphatic hydroxyl groups excluding tert-OH is 9. The van der Waals surface area contributed by atoms with Crippen LogP contribution in [0.5, 0.6) is 0 Å². The fourth-order valence-corrected chi connectivity index (χ4v) is 13.8. The molecule has 20 atom stereocenters. The van der Waals surface area contributed by atoms with Gasteiger partial charge in [-0.05, 0) is 105 Å². The first-order valence-electron chi connectivity index (χ1n) is 21.5. The molecule has 0 amide bonds. The van der Waals surface area contributed by atoms with Crippen LogP contribution in [0.25, 0.3) is 0 Å². The van der Waals surface area contributed by atoms with Crippen LogP contribution in [0, 0.1) is 50.2 Å². The van der Waals surface area contributed by atoms with Crippen LogP contribution < -0.4 is 0 Å². The van der Waals surface area contributed by atoms with Crippen LogP contribution >= 0.6 is 0 Å². The Kier molecular flexibility index (Phi) is 12.1. The summed E-state index contributed by atoms with van der Waals surface area (Å²) >= 11 is 0. The van der Waals surface area contributed by atoms with Crippen molar-refractivity contribution in [2.75, 3.05) is 26.9 Å². The van der Waals surface area contributed by atoms with Crippen molar-refractivity contribution in [3.05, 3.63) is 11.6 Å². The Morgan fingerprint density at radius 2 is 1.31 bits per heavy atom. The number of rotatable bonds is 8. The minimum absolute atomic E-state index is 0.0197. The molecule has 2 saturated heterocycles. The van der Waals surface area contributed by atoms with Gasteiger partial charge in [0.25, 0.3) is 0 Å². The van der Waals surface area contributed by atoms with Crippen LogP contribution in [0.15, 0.2) is 11.6 Å². The van der Waals surface area contributed by atoms with Crippen molar-refractivity contribution in [2.24, 2.45) is 50.2 Å². The summed E-state index contributed by atoms with van der Waals surface area (Å²) < 4.78 is 29.0. The lowest BCUT2D eigenvalue weighted by Gasteiger charge is -2.71. The molecule has 59 heavy (non-hydrogen) atoms. The topological polar surface area (TPSA) is 262 Å². The lowest BCUT2D eigenvalue weighted by Crippen LogP contribution is -2.67. The number of carbonyl (C=O) groups is 2. The molecule has 6 fully saturated rings. The van der Waals surface area contributed by atoms with Gasteiger partial charge in [0.15, 0.2) is 6.29 Å². The molecule has 7 aliphatic rings. The molecule has 0 spiro atoms. The van der Waals surface area contributed by atoms with E-state index in [9.17, 15) is 55.5 Å². The Balaban J connectivity index is 1.20. The van der Waals surface area contributed by atoms with Crippen molar-refractivity contribution in [1.29, 1.82) is 0 Å². The molecule has 16 heteroatoms. The standard InChI is InChI=1S/C43H68O16/c1-38(36(53)55-6)13-15-43(37(54)59-35-33(52)31(50)29(48)24(19-45)57-35)16-14-41(4)21(22(43)17-38)7-8-26-39(2)11-10-27(40(3,20-46)25(39)9-12-42(26,41)5)58-34-32(51)30(49)28(47)23(18-44)56-34/h7,22-35,44-52H,8-20H2,1-6H3. The fraction of sp³-hybridized carbons (Fsp3) is 0.907. The van der Waals surface area contributed by atoms with Gasteiger partial charge in [0, 0.05) is 5.41 Å². The summed E-state index contributed by atoms with van der Waals surface area (Å²) in [5.74, 6) is -1.30. The molecule has 9 N–H and O–H groups in total. The van der Waals surface area contributed by atoms with E-state index >= 15 is 0 Å². The summed E-state index contributed by atoms with van der Waals surface area (Å²) in [7, 11) is 1.36. The third-order valence-corrected chi connectivity index (χ3v) is 17.8. The number of carbonyl (C=O) groups excluding carboxylic acids is 2. The fourth-order valence-electron chi connectivity index (χ4n) is 13.8. The molecule has 20 unspecified atom stereocenters. The van der Waals surface area contributed by atoms with Crippen LogP contribution in [0.1, 0.15) is 98.8 Å². The molecule has 7 rings (SSSR count). The van der Waals surface area contributed by atoms with E-state index in [1.165, 1.54) is 7.11 Å². The largest absolute Gasteiger partial charge is 0.469 e. The first-order chi connectivity index (χ1) is 27.7. The zero-order valence-corrected chi connectivity index (χ0v) is 35.2. The molecule has 0 bridgehead atoms. The third-order valence-electron chi connectivity index (χ3n) is 17.8. The van der Waals surface area contributed by atoms with Gasteiger partial charge in [-0.25, -0.2) is 0 Å². The minimum Gasteiger partial charge on any atom is -0.469 e. The van der Waals surface area contributed by atoms with E-state index in [4.69, 9.17) is 23.7 Å². The Bertz CT molecular complexity index is 1620. The molecule has 16 nitrogen and oxygen atoms in total. The highest BCUT2D eigenvalue weighted by molar-refractivity contribution is 5.81. The smallest absolute Gasteiger partial charge is 0.315 e. The maximum absolute atomic E-state index is 14.7. The SMILES string of the molecule is COC(=O)C1(C)CCC2(C(=O)OC3OC(CO)C(O)C(O)C3O)CCC3(C)C(=CCC4C5(C)CCC(OC6OC(CO)C(O)C(O)C6O)C(C)(CO)C5CCC43C)C2C1. The van der Waals surface area contributed by atoms with Gasteiger partial charge in [0.1, 0.15) is 48.8 Å². The predicted molar refractivity (Wildman–Crippen MR) is 205 cm³/mol. The number of hydrogen-bond acceptors (Lipinski definition) is 16. The summed E-state index contributed by atoms with van der Waals surface area (Å²) in [5.41, 5.74) is -2.67. The minimum atomic E-state index is -1.75. The van der Waals surface area contributed by atoms with Crippen molar-refractivity contribution < 1.29 is 79.2 Å². The van der Waals surface area contributed by atoms with Crippen molar-refractivity contribution in [3.63, 3.8) is 0 Å². The van der Waals surface area contributed by atoms with E-state index in [0.717, 1.165) is 24.8 Å². The maximum atomic E-state index is 14.7. The summed E-state index contributed by atoms with van der Waals surface area (Å²) in [4.78, 5) is 28.1. The number of fused-ring (bicyclic) bond motifs is 7. The second kappa shape index (κ2) is 15.8.